The van der Waals surface area contributed by atoms with Crippen LogP contribution in [0.5, 0.6) is 5.75 Å². The van der Waals surface area contributed by atoms with Crippen LogP contribution >= 0.6 is 11.8 Å². The van der Waals surface area contributed by atoms with Crippen LogP contribution in [0.2, 0.25) is 0 Å². The quantitative estimate of drug-likeness (QED) is 0.629. The number of benzene rings is 2. The number of carbonyl (C=O) groups is 1. The molecule has 0 aliphatic carbocycles. The minimum absolute atomic E-state index is 0.0861. The van der Waals surface area contributed by atoms with E-state index in [0.717, 1.165) is 16.2 Å². The first-order valence-electron chi connectivity index (χ1n) is 8.84. The van der Waals surface area contributed by atoms with E-state index in [9.17, 15) is 13.2 Å². The lowest BCUT2D eigenvalue weighted by Gasteiger charge is -2.21. The van der Waals surface area contributed by atoms with E-state index >= 15 is 0 Å². The van der Waals surface area contributed by atoms with Crippen molar-refractivity contribution in [1.82, 2.24) is 9.62 Å². The molecule has 28 heavy (non-hydrogen) atoms. The molecule has 0 aliphatic heterocycles. The standard InChI is InChI=1S/C20H26N2O4S2/c1-15(2)22(3)28(24,25)19-11-5-16(6-12-19)13-21-20(23)14-27-18-9-7-17(26-4)8-10-18/h5-12,15H,13-14H2,1-4H3,(H,21,23). The van der Waals surface area contributed by atoms with Gasteiger partial charge >= 0.3 is 0 Å². The molecule has 8 heteroatoms. The van der Waals surface area contributed by atoms with E-state index < -0.39 is 10.0 Å². The Bertz CT molecular complexity index is 879. The summed E-state index contributed by atoms with van der Waals surface area (Å²) in [5.41, 5.74) is 0.842. The number of hydrogen-bond donors (Lipinski definition) is 1. The molecule has 0 fully saturated rings. The number of ether oxygens (including phenoxy) is 1. The molecule has 0 atom stereocenters. The summed E-state index contributed by atoms with van der Waals surface area (Å²) >= 11 is 1.44. The maximum absolute atomic E-state index is 12.5. The molecule has 0 saturated carbocycles. The van der Waals surface area contributed by atoms with Crippen molar-refractivity contribution in [3.8, 4) is 5.75 Å². The Kier molecular flexibility index (Phi) is 7.91. The highest BCUT2D eigenvalue weighted by atomic mass is 32.2. The molecule has 0 spiro atoms. The van der Waals surface area contributed by atoms with Gasteiger partial charge in [0.2, 0.25) is 15.9 Å². The second-order valence-electron chi connectivity index (χ2n) is 6.50. The van der Waals surface area contributed by atoms with Gasteiger partial charge in [-0.15, -0.1) is 11.8 Å². The van der Waals surface area contributed by atoms with Crippen molar-refractivity contribution in [2.75, 3.05) is 19.9 Å². The average molecular weight is 423 g/mol. The summed E-state index contributed by atoms with van der Waals surface area (Å²) in [6, 6.07) is 14.0. The van der Waals surface area contributed by atoms with Crippen LogP contribution in [0.25, 0.3) is 0 Å². The van der Waals surface area contributed by atoms with Crippen molar-refractivity contribution >= 4 is 27.7 Å². The third-order valence-corrected chi connectivity index (χ3v) is 7.31. The van der Waals surface area contributed by atoms with Crippen LogP contribution in [0.15, 0.2) is 58.3 Å². The average Bonchev–Trinajstić information content (AvgIpc) is 2.70. The first-order valence-corrected chi connectivity index (χ1v) is 11.3. The fourth-order valence-electron chi connectivity index (χ4n) is 2.30. The van der Waals surface area contributed by atoms with Crippen molar-refractivity contribution in [3.63, 3.8) is 0 Å². The molecule has 2 aromatic rings. The molecular weight excluding hydrogens is 396 g/mol. The Labute approximate surface area is 171 Å². The Balaban J connectivity index is 1.86. The lowest BCUT2D eigenvalue weighted by atomic mass is 10.2. The molecule has 152 valence electrons. The number of amides is 1. The summed E-state index contributed by atoms with van der Waals surface area (Å²) in [6.45, 7) is 4.00. The van der Waals surface area contributed by atoms with Gasteiger partial charge in [-0.1, -0.05) is 12.1 Å². The third-order valence-electron chi connectivity index (χ3n) is 4.25. The highest BCUT2D eigenvalue weighted by Crippen LogP contribution is 2.21. The second kappa shape index (κ2) is 9.95. The first kappa shape index (κ1) is 22.3. The lowest BCUT2D eigenvalue weighted by Crippen LogP contribution is -2.33. The van der Waals surface area contributed by atoms with E-state index in [0.29, 0.717) is 12.3 Å². The zero-order chi connectivity index (χ0) is 20.7. The number of nitrogens with one attached hydrogen (secondary N) is 1. The zero-order valence-corrected chi connectivity index (χ0v) is 18.1. The predicted molar refractivity (Wildman–Crippen MR) is 112 cm³/mol. The van der Waals surface area contributed by atoms with E-state index in [4.69, 9.17) is 4.74 Å². The van der Waals surface area contributed by atoms with Crippen LogP contribution in [0.1, 0.15) is 19.4 Å². The molecule has 1 N–H and O–H groups in total. The third kappa shape index (κ3) is 5.98. The SMILES string of the molecule is COc1ccc(SCC(=O)NCc2ccc(S(=O)(=O)N(C)C(C)C)cc2)cc1. The van der Waals surface area contributed by atoms with E-state index in [1.807, 2.05) is 38.1 Å². The highest BCUT2D eigenvalue weighted by Gasteiger charge is 2.22. The molecule has 0 saturated heterocycles. The predicted octanol–water partition coefficient (Wildman–Crippen LogP) is 3.13. The Morgan fingerprint density at radius 3 is 2.25 bits per heavy atom. The Hall–Kier alpha value is -2.03. The van der Waals surface area contributed by atoms with Crippen molar-refractivity contribution in [2.45, 2.75) is 36.2 Å². The Morgan fingerprint density at radius 2 is 1.71 bits per heavy atom. The molecule has 0 unspecified atom stereocenters. The summed E-state index contributed by atoms with van der Waals surface area (Å²) < 4.78 is 31.4. The van der Waals surface area contributed by atoms with Crippen LogP contribution < -0.4 is 10.1 Å². The van der Waals surface area contributed by atoms with Crippen molar-refractivity contribution in [3.05, 3.63) is 54.1 Å². The number of sulfonamides is 1. The summed E-state index contributed by atoms with van der Waals surface area (Å²) in [6.07, 6.45) is 0. The molecule has 0 bridgehead atoms. The first-order chi connectivity index (χ1) is 13.2. The van der Waals surface area contributed by atoms with Crippen LogP contribution in [-0.2, 0) is 21.4 Å². The molecule has 1 amide bonds. The fraction of sp³-hybridized carbons (Fsp3) is 0.350. The van der Waals surface area contributed by atoms with E-state index in [-0.39, 0.29) is 16.8 Å². The van der Waals surface area contributed by atoms with Crippen LogP contribution in [0.4, 0.5) is 0 Å². The molecule has 2 rings (SSSR count). The van der Waals surface area contributed by atoms with Crippen LogP contribution in [0.3, 0.4) is 0 Å². The maximum Gasteiger partial charge on any atom is 0.243 e. The molecule has 0 aromatic heterocycles. The van der Waals surface area contributed by atoms with Gasteiger partial charge < -0.3 is 10.1 Å². The maximum atomic E-state index is 12.5. The van der Waals surface area contributed by atoms with Crippen LogP contribution in [-0.4, -0.2) is 44.6 Å². The molecule has 2 aromatic carbocycles. The number of rotatable bonds is 9. The zero-order valence-electron chi connectivity index (χ0n) is 16.5. The smallest absolute Gasteiger partial charge is 0.243 e. The van der Waals surface area contributed by atoms with Crippen molar-refractivity contribution in [1.29, 1.82) is 0 Å². The van der Waals surface area contributed by atoms with Gasteiger partial charge in [0.1, 0.15) is 5.75 Å². The van der Waals surface area contributed by atoms with Gasteiger partial charge in [-0.3, -0.25) is 4.79 Å². The van der Waals surface area contributed by atoms with Gasteiger partial charge in [-0.05, 0) is 55.8 Å². The monoisotopic (exact) mass is 422 g/mol. The van der Waals surface area contributed by atoms with E-state index in [1.54, 1.807) is 38.4 Å². The summed E-state index contributed by atoms with van der Waals surface area (Å²) in [5.74, 6) is 0.994. The lowest BCUT2D eigenvalue weighted by molar-refractivity contribution is -0.118. The minimum atomic E-state index is -3.50. The summed E-state index contributed by atoms with van der Waals surface area (Å²) in [7, 11) is -0.322. The van der Waals surface area contributed by atoms with E-state index in [1.165, 1.54) is 16.1 Å². The van der Waals surface area contributed by atoms with Gasteiger partial charge in [-0.25, -0.2) is 8.42 Å². The van der Waals surface area contributed by atoms with E-state index in [2.05, 4.69) is 5.32 Å². The summed E-state index contributed by atoms with van der Waals surface area (Å²) in [5, 5.41) is 2.85. The second-order valence-corrected chi connectivity index (χ2v) is 9.55. The molecule has 0 heterocycles. The summed E-state index contributed by atoms with van der Waals surface area (Å²) in [4.78, 5) is 13.3. The molecular formula is C20H26N2O4S2. The minimum Gasteiger partial charge on any atom is -0.497 e. The number of methoxy groups -OCH3 is 1. The van der Waals surface area contributed by atoms with Crippen molar-refractivity contribution in [2.24, 2.45) is 0 Å². The van der Waals surface area contributed by atoms with Gasteiger partial charge in [-0.2, -0.15) is 4.31 Å². The fourth-order valence-corrected chi connectivity index (χ4v) is 4.39. The number of nitrogens with zero attached hydrogens (tertiary/aromatic N) is 1. The molecule has 0 aliphatic rings. The number of thioether (sulfide) groups is 1. The highest BCUT2D eigenvalue weighted by molar-refractivity contribution is 8.00. The molecule has 6 nitrogen and oxygen atoms in total. The Morgan fingerprint density at radius 1 is 1.11 bits per heavy atom. The van der Waals surface area contributed by atoms with Gasteiger partial charge in [0, 0.05) is 24.5 Å². The van der Waals surface area contributed by atoms with Gasteiger partial charge in [0.25, 0.3) is 0 Å². The largest absolute Gasteiger partial charge is 0.497 e. The number of carbonyl (C=O) groups excluding carboxylic acids is 1. The van der Waals surface area contributed by atoms with Gasteiger partial charge in [0.15, 0.2) is 0 Å². The van der Waals surface area contributed by atoms with Crippen LogP contribution in [0, 0.1) is 0 Å². The number of hydrogen-bond acceptors (Lipinski definition) is 5. The van der Waals surface area contributed by atoms with Crippen molar-refractivity contribution < 1.29 is 17.9 Å². The topological polar surface area (TPSA) is 75.7 Å². The normalized spacial score (nSPS) is 11.6. The van der Waals surface area contributed by atoms with Gasteiger partial charge in [0.05, 0.1) is 17.8 Å². The molecule has 0 radical (unpaired) electrons.